The van der Waals surface area contributed by atoms with E-state index in [4.69, 9.17) is 0 Å². The van der Waals surface area contributed by atoms with E-state index in [1.807, 2.05) is 56.3 Å². The van der Waals surface area contributed by atoms with Gasteiger partial charge in [0.1, 0.15) is 6.42 Å². The van der Waals surface area contributed by atoms with Crippen molar-refractivity contribution in [3.05, 3.63) is 53.6 Å². The second-order valence-corrected chi connectivity index (χ2v) is 7.38. The highest BCUT2D eigenvalue weighted by atomic mass is 16.2. The van der Waals surface area contributed by atoms with E-state index in [2.05, 4.69) is 27.5 Å². The van der Waals surface area contributed by atoms with Gasteiger partial charge in [-0.15, -0.1) is 0 Å². The molecule has 1 saturated heterocycles. The lowest BCUT2D eigenvalue weighted by Crippen LogP contribution is -2.44. The van der Waals surface area contributed by atoms with Gasteiger partial charge >= 0.3 is 0 Å². The predicted molar refractivity (Wildman–Crippen MR) is 114 cm³/mol. The highest BCUT2D eigenvalue weighted by molar-refractivity contribution is 6.08. The van der Waals surface area contributed by atoms with E-state index in [1.165, 1.54) is 0 Å². The number of hydrogen-bond acceptors (Lipinski definition) is 4. The maximum absolute atomic E-state index is 12.2. The molecule has 0 aliphatic carbocycles. The van der Waals surface area contributed by atoms with Crippen molar-refractivity contribution in [1.29, 1.82) is 0 Å². The van der Waals surface area contributed by atoms with Crippen molar-refractivity contribution < 1.29 is 9.59 Å². The monoisotopic (exact) mass is 380 g/mol. The predicted octanol–water partition coefficient (Wildman–Crippen LogP) is 3.02. The zero-order valence-corrected chi connectivity index (χ0v) is 16.8. The minimum absolute atomic E-state index is 0.214. The number of piperazine rings is 1. The minimum atomic E-state index is -0.323. The summed E-state index contributed by atoms with van der Waals surface area (Å²) in [5, 5.41) is 5.64. The molecule has 1 aliphatic heterocycles. The lowest BCUT2D eigenvalue weighted by Gasteiger charge is -2.34. The second-order valence-electron chi connectivity index (χ2n) is 7.38. The number of anilines is 3. The second kappa shape index (κ2) is 8.89. The molecule has 6 heteroatoms. The zero-order valence-electron chi connectivity index (χ0n) is 16.8. The van der Waals surface area contributed by atoms with Crippen LogP contribution >= 0.6 is 0 Å². The molecule has 1 heterocycles. The van der Waals surface area contributed by atoms with Gasteiger partial charge in [-0.25, -0.2) is 0 Å². The molecular formula is C22H28N4O2. The van der Waals surface area contributed by atoms with Crippen LogP contribution in [0, 0.1) is 13.8 Å². The van der Waals surface area contributed by atoms with Crippen molar-refractivity contribution in [3.63, 3.8) is 0 Å². The fraction of sp³-hybridized carbons (Fsp3) is 0.364. The summed E-state index contributed by atoms with van der Waals surface area (Å²) in [5.74, 6) is -0.639. The van der Waals surface area contributed by atoms with Gasteiger partial charge in [0.15, 0.2) is 0 Å². The van der Waals surface area contributed by atoms with Gasteiger partial charge in [-0.1, -0.05) is 18.2 Å². The van der Waals surface area contributed by atoms with Crippen LogP contribution in [-0.4, -0.2) is 49.9 Å². The minimum Gasteiger partial charge on any atom is -0.369 e. The molecule has 1 fully saturated rings. The van der Waals surface area contributed by atoms with E-state index in [0.29, 0.717) is 5.69 Å². The Morgan fingerprint density at radius 3 is 2.04 bits per heavy atom. The number of nitrogens with one attached hydrogen (secondary N) is 2. The van der Waals surface area contributed by atoms with Crippen LogP contribution in [0.5, 0.6) is 0 Å². The van der Waals surface area contributed by atoms with E-state index in [9.17, 15) is 9.59 Å². The molecular weight excluding hydrogens is 352 g/mol. The fourth-order valence-electron chi connectivity index (χ4n) is 3.37. The number of amides is 2. The van der Waals surface area contributed by atoms with Crippen LogP contribution in [0.25, 0.3) is 0 Å². The van der Waals surface area contributed by atoms with Gasteiger partial charge in [-0.05, 0) is 56.3 Å². The number of carbonyl (C=O) groups is 2. The summed E-state index contributed by atoms with van der Waals surface area (Å²) in [5.41, 5.74) is 4.58. The summed E-state index contributed by atoms with van der Waals surface area (Å²) in [6.45, 7) is 7.97. The van der Waals surface area contributed by atoms with Crippen LogP contribution in [0.4, 0.5) is 17.1 Å². The van der Waals surface area contributed by atoms with Gasteiger partial charge in [0.05, 0.1) is 0 Å². The van der Waals surface area contributed by atoms with E-state index < -0.39 is 0 Å². The van der Waals surface area contributed by atoms with Crippen molar-refractivity contribution in [2.45, 2.75) is 20.3 Å². The Hall–Kier alpha value is -2.86. The first-order valence-corrected chi connectivity index (χ1v) is 9.62. The average molecular weight is 380 g/mol. The molecule has 2 N–H and O–H groups in total. The van der Waals surface area contributed by atoms with Gasteiger partial charge in [0.25, 0.3) is 0 Å². The van der Waals surface area contributed by atoms with Crippen molar-refractivity contribution >= 4 is 28.9 Å². The molecule has 0 radical (unpaired) electrons. The van der Waals surface area contributed by atoms with Gasteiger partial charge in [0, 0.05) is 43.2 Å². The quantitative estimate of drug-likeness (QED) is 0.783. The number of rotatable bonds is 5. The molecule has 28 heavy (non-hydrogen) atoms. The normalized spacial score (nSPS) is 14.6. The number of para-hydroxylation sites is 1. The van der Waals surface area contributed by atoms with E-state index in [0.717, 1.165) is 48.7 Å². The molecule has 1 aliphatic rings. The summed E-state index contributed by atoms with van der Waals surface area (Å²) in [7, 11) is 2.13. The highest BCUT2D eigenvalue weighted by Gasteiger charge is 2.15. The first-order valence-electron chi connectivity index (χ1n) is 9.62. The van der Waals surface area contributed by atoms with Crippen LogP contribution in [0.15, 0.2) is 42.5 Å². The first-order chi connectivity index (χ1) is 13.4. The SMILES string of the molecule is Cc1cccc(C)c1NC(=O)CC(=O)Nc1ccc(N2CCN(C)CC2)cc1. The van der Waals surface area contributed by atoms with Crippen molar-refractivity contribution in [2.24, 2.45) is 0 Å². The van der Waals surface area contributed by atoms with Gasteiger partial charge in [-0.3, -0.25) is 9.59 Å². The molecule has 2 aromatic carbocycles. The Bertz CT molecular complexity index is 820. The molecule has 0 atom stereocenters. The smallest absolute Gasteiger partial charge is 0.233 e. The van der Waals surface area contributed by atoms with Gasteiger partial charge in [-0.2, -0.15) is 0 Å². The van der Waals surface area contributed by atoms with Crippen molar-refractivity contribution in [1.82, 2.24) is 4.90 Å². The molecule has 3 rings (SSSR count). The number of carbonyl (C=O) groups excluding carboxylic acids is 2. The van der Waals surface area contributed by atoms with Gasteiger partial charge in [0.2, 0.25) is 11.8 Å². The highest BCUT2D eigenvalue weighted by Crippen LogP contribution is 2.21. The van der Waals surface area contributed by atoms with E-state index in [-0.39, 0.29) is 18.2 Å². The number of aryl methyl sites for hydroxylation is 2. The summed E-state index contributed by atoms with van der Waals surface area (Å²) in [4.78, 5) is 29.1. The van der Waals surface area contributed by atoms with Crippen molar-refractivity contribution in [2.75, 3.05) is 48.8 Å². The van der Waals surface area contributed by atoms with Gasteiger partial charge < -0.3 is 20.4 Å². The molecule has 0 saturated carbocycles. The number of benzene rings is 2. The Balaban J connectivity index is 1.52. The molecule has 0 bridgehead atoms. The van der Waals surface area contributed by atoms with Crippen LogP contribution < -0.4 is 15.5 Å². The Kier molecular flexibility index (Phi) is 6.31. The third kappa shape index (κ3) is 5.10. The third-order valence-electron chi connectivity index (χ3n) is 5.09. The summed E-state index contributed by atoms with van der Waals surface area (Å²) in [6, 6.07) is 13.6. The lowest BCUT2D eigenvalue weighted by molar-refractivity contribution is -0.123. The topological polar surface area (TPSA) is 64.7 Å². The largest absolute Gasteiger partial charge is 0.369 e. The molecule has 148 valence electrons. The van der Waals surface area contributed by atoms with E-state index >= 15 is 0 Å². The van der Waals surface area contributed by atoms with Crippen molar-refractivity contribution in [3.8, 4) is 0 Å². The molecule has 2 aromatic rings. The van der Waals surface area contributed by atoms with Crippen LogP contribution in [0.2, 0.25) is 0 Å². The van der Waals surface area contributed by atoms with E-state index in [1.54, 1.807) is 0 Å². The van der Waals surface area contributed by atoms with Crippen LogP contribution in [0.1, 0.15) is 17.5 Å². The van der Waals surface area contributed by atoms with Crippen LogP contribution in [0.3, 0.4) is 0 Å². The number of nitrogens with zero attached hydrogens (tertiary/aromatic N) is 2. The number of hydrogen-bond donors (Lipinski definition) is 2. The fourth-order valence-corrected chi connectivity index (χ4v) is 3.37. The Morgan fingerprint density at radius 2 is 1.43 bits per heavy atom. The molecule has 6 nitrogen and oxygen atoms in total. The maximum atomic E-state index is 12.2. The zero-order chi connectivity index (χ0) is 20.1. The molecule has 0 aromatic heterocycles. The molecule has 0 unspecified atom stereocenters. The average Bonchev–Trinajstić information content (AvgIpc) is 2.66. The third-order valence-corrected chi connectivity index (χ3v) is 5.09. The summed E-state index contributed by atoms with van der Waals surface area (Å²) in [6.07, 6.45) is -0.214. The Morgan fingerprint density at radius 1 is 0.857 bits per heavy atom. The van der Waals surface area contributed by atoms with Crippen LogP contribution in [-0.2, 0) is 9.59 Å². The molecule has 2 amide bonds. The maximum Gasteiger partial charge on any atom is 0.233 e. The Labute approximate surface area is 166 Å². The summed E-state index contributed by atoms with van der Waals surface area (Å²) < 4.78 is 0. The lowest BCUT2D eigenvalue weighted by atomic mass is 10.1. The first kappa shape index (κ1) is 19.9. The number of likely N-dealkylation sites (N-methyl/N-ethyl adjacent to an activating group) is 1. The standard InChI is InChI=1S/C22H28N4O2/c1-16-5-4-6-17(2)22(16)24-21(28)15-20(27)23-18-7-9-19(10-8-18)26-13-11-25(3)12-14-26/h4-10H,11-15H2,1-3H3,(H,23,27)(H,24,28). The molecule has 0 spiro atoms. The summed E-state index contributed by atoms with van der Waals surface area (Å²) >= 11 is 0.